The van der Waals surface area contributed by atoms with E-state index in [2.05, 4.69) is 15.5 Å². The van der Waals surface area contributed by atoms with Gasteiger partial charge in [-0.3, -0.25) is 4.79 Å². The molecule has 1 heterocycles. The second-order valence-corrected chi connectivity index (χ2v) is 5.30. The second-order valence-electron chi connectivity index (χ2n) is 5.30. The average Bonchev–Trinajstić information content (AvgIpc) is 2.76. The van der Waals surface area contributed by atoms with Crippen molar-refractivity contribution in [2.24, 2.45) is 0 Å². The van der Waals surface area contributed by atoms with Gasteiger partial charge in [0.1, 0.15) is 16.6 Å². The van der Waals surface area contributed by atoms with Crippen molar-refractivity contribution >= 4 is 23.5 Å². The highest BCUT2D eigenvalue weighted by Gasteiger charge is 2.15. The van der Waals surface area contributed by atoms with E-state index in [1.54, 1.807) is 32.9 Å². The van der Waals surface area contributed by atoms with E-state index in [-0.39, 0.29) is 0 Å². The third-order valence-corrected chi connectivity index (χ3v) is 2.39. The van der Waals surface area contributed by atoms with Gasteiger partial charge in [-0.15, -0.1) is 15.0 Å². The fourth-order valence-corrected chi connectivity index (χ4v) is 1.62. The smallest absolute Gasteiger partial charge is 0.407 e. The van der Waals surface area contributed by atoms with Gasteiger partial charge in [0.25, 0.3) is 6.41 Å². The first kappa shape index (κ1) is 14.0. The Hall–Kier alpha value is -2.44. The number of benzene rings is 1. The summed E-state index contributed by atoms with van der Waals surface area (Å²) in [6.45, 7) is 5.72. The van der Waals surface area contributed by atoms with Crippen molar-refractivity contribution in [1.82, 2.24) is 20.3 Å². The van der Waals surface area contributed by atoms with Gasteiger partial charge < -0.3 is 10.1 Å². The molecule has 0 saturated heterocycles. The molecule has 1 amide bonds. The Bertz CT molecular complexity index is 643. The topological polar surface area (TPSA) is 86.1 Å². The van der Waals surface area contributed by atoms with E-state index in [9.17, 15) is 9.59 Å². The maximum Gasteiger partial charge on any atom is 0.407 e. The number of aromatic nitrogens is 3. The predicted octanol–water partition coefficient (Wildman–Crippen LogP) is 1.49. The van der Waals surface area contributed by atoms with E-state index in [1.807, 2.05) is 6.07 Å². The van der Waals surface area contributed by atoms with Crippen LogP contribution < -0.4 is 5.32 Å². The maximum absolute atomic E-state index is 11.5. The van der Waals surface area contributed by atoms with E-state index in [0.717, 1.165) is 10.4 Å². The summed E-state index contributed by atoms with van der Waals surface area (Å²) in [5, 5.41) is 10.6. The molecule has 0 aliphatic carbocycles. The quantitative estimate of drug-likeness (QED) is 0.858. The van der Waals surface area contributed by atoms with Crippen LogP contribution in [0.2, 0.25) is 0 Å². The summed E-state index contributed by atoms with van der Waals surface area (Å²) in [4.78, 5) is 23.1. The third kappa shape index (κ3) is 3.53. The summed E-state index contributed by atoms with van der Waals surface area (Å²) in [5.41, 5.74) is 1.54. The molecule has 7 nitrogen and oxygen atoms in total. The van der Waals surface area contributed by atoms with Crippen molar-refractivity contribution in [1.29, 1.82) is 0 Å². The molecule has 2 rings (SSSR count). The number of nitrogens with one attached hydrogen (secondary N) is 1. The first-order valence-electron chi connectivity index (χ1n) is 6.15. The van der Waals surface area contributed by atoms with Crippen LogP contribution in [-0.2, 0) is 16.1 Å². The molecule has 106 valence electrons. The lowest BCUT2D eigenvalue weighted by Gasteiger charge is -2.19. The molecule has 0 aliphatic rings. The normalized spacial score (nSPS) is 11.3. The molecular formula is C13H16N4O3. The highest BCUT2D eigenvalue weighted by molar-refractivity contribution is 5.76. The third-order valence-electron chi connectivity index (χ3n) is 2.39. The minimum atomic E-state index is -0.527. The zero-order chi connectivity index (χ0) is 14.8. The fraction of sp³-hybridized carbons (Fsp3) is 0.385. The molecule has 20 heavy (non-hydrogen) atoms. The standard InChI is InChI=1S/C13H16N4O3/c1-13(2,3)20-12(19)14-7-9-4-5-10-11(6-9)16-17(8-18)15-10/h4-6,8H,7H2,1-3H3,(H,14,19). The lowest BCUT2D eigenvalue weighted by atomic mass is 10.2. The van der Waals surface area contributed by atoms with Gasteiger partial charge in [0.15, 0.2) is 0 Å². The summed E-state index contributed by atoms with van der Waals surface area (Å²) in [7, 11) is 0. The van der Waals surface area contributed by atoms with E-state index in [4.69, 9.17) is 4.74 Å². The molecule has 0 radical (unpaired) electrons. The van der Waals surface area contributed by atoms with Gasteiger partial charge in [-0.05, 0) is 38.5 Å². The van der Waals surface area contributed by atoms with E-state index < -0.39 is 11.7 Å². The Morgan fingerprint density at radius 3 is 2.70 bits per heavy atom. The Kier molecular flexibility index (Phi) is 3.69. The van der Waals surface area contributed by atoms with E-state index >= 15 is 0 Å². The molecular weight excluding hydrogens is 260 g/mol. The first-order valence-corrected chi connectivity index (χ1v) is 6.15. The largest absolute Gasteiger partial charge is 0.444 e. The van der Waals surface area contributed by atoms with Crippen molar-refractivity contribution in [3.05, 3.63) is 23.8 Å². The monoisotopic (exact) mass is 276 g/mol. The SMILES string of the molecule is CC(C)(C)OC(=O)NCc1ccc2nn(C=O)nc2c1. The van der Waals surface area contributed by atoms with Gasteiger partial charge in [0.2, 0.25) is 0 Å². The highest BCUT2D eigenvalue weighted by atomic mass is 16.6. The van der Waals surface area contributed by atoms with Crippen LogP contribution >= 0.6 is 0 Å². The number of hydrogen-bond donors (Lipinski definition) is 1. The van der Waals surface area contributed by atoms with Gasteiger partial charge in [-0.25, -0.2) is 4.79 Å². The number of ether oxygens (including phenoxy) is 1. The molecule has 0 unspecified atom stereocenters. The van der Waals surface area contributed by atoms with Gasteiger partial charge in [0.05, 0.1) is 0 Å². The van der Waals surface area contributed by atoms with Gasteiger partial charge in [-0.2, -0.15) is 0 Å². The van der Waals surface area contributed by atoms with Crippen molar-refractivity contribution in [3.63, 3.8) is 0 Å². The average molecular weight is 276 g/mol. The fourth-order valence-electron chi connectivity index (χ4n) is 1.62. The second kappa shape index (κ2) is 5.28. The van der Waals surface area contributed by atoms with Crippen LogP contribution in [-0.4, -0.2) is 33.1 Å². The lowest BCUT2D eigenvalue weighted by molar-refractivity contribution is 0.0523. The number of alkyl carbamates (subject to hydrolysis) is 1. The van der Waals surface area contributed by atoms with Crippen LogP contribution in [0.3, 0.4) is 0 Å². The molecule has 0 aliphatic heterocycles. The molecule has 1 aromatic carbocycles. The number of carbonyl (C=O) groups is 2. The molecule has 2 aromatic rings. The van der Waals surface area contributed by atoms with Gasteiger partial charge >= 0.3 is 6.09 Å². The molecule has 1 aromatic heterocycles. The predicted molar refractivity (Wildman–Crippen MR) is 72.8 cm³/mol. The van der Waals surface area contributed by atoms with Gasteiger partial charge in [0, 0.05) is 6.54 Å². The first-order chi connectivity index (χ1) is 9.37. The number of hydrogen-bond acceptors (Lipinski definition) is 5. The van der Waals surface area contributed by atoms with Crippen molar-refractivity contribution in [3.8, 4) is 0 Å². The molecule has 1 N–H and O–H groups in total. The van der Waals surface area contributed by atoms with E-state index in [0.29, 0.717) is 24.0 Å². The highest BCUT2D eigenvalue weighted by Crippen LogP contribution is 2.12. The Labute approximate surface area is 115 Å². The molecule has 0 fully saturated rings. The van der Waals surface area contributed by atoms with Gasteiger partial charge in [-0.1, -0.05) is 6.07 Å². The molecule has 7 heteroatoms. The van der Waals surface area contributed by atoms with E-state index in [1.165, 1.54) is 0 Å². The Morgan fingerprint density at radius 1 is 1.35 bits per heavy atom. The Balaban J connectivity index is 2.03. The van der Waals surface area contributed by atoms with Crippen molar-refractivity contribution in [2.75, 3.05) is 0 Å². The minimum Gasteiger partial charge on any atom is -0.444 e. The van der Waals surface area contributed by atoms with Crippen LogP contribution in [0.5, 0.6) is 0 Å². The maximum atomic E-state index is 11.5. The number of fused-ring (bicyclic) bond motifs is 1. The number of nitrogens with zero attached hydrogens (tertiary/aromatic N) is 3. The molecule has 0 atom stereocenters. The zero-order valence-electron chi connectivity index (χ0n) is 11.6. The lowest BCUT2D eigenvalue weighted by Crippen LogP contribution is -2.32. The summed E-state index contributed by atoms with van der Waals surface area (Å²) in [6.07, 6.45) is 0.0488. The van der Waals surface area contributed by atoms with Crippen LogP contribution in [0.25, 0.3) is 11.0 Å². The number of carbonyl (C=O) groups excluding carboxylic acids is 2. The number of amides is 1. The summed E-state index contributed by atoms with van der Waals surface area (Å²) >= 11 is 0. The molecule has 0 saturated carbocycles. The summed E-state index contributed by atoms with van der Waals surface area (Å²) < 4.78 is 5.14. The van der Waals surface area contributed by atoms with Crippen LogP contribution in [0.15, 0.2) is 18.2 Å². The Morgan fingerprint density at radius 2 is 2.05 bits per heavy atom. The van der Waals surface area contributed by atoms with Crippen LogP contribution in [0.1, 0.15) is 26.3 Å². The van der Waals surface area contributed by atoms with Crippen molar-refractivity contribution < 1.29 is 14.3 Å². The van der Waals surface area contributed by atoms with Crippen LogP contribution in [0, 0.1) is 0 Å². The minimum absolute atomic E-state index is 0.318. The molecule has 0 bridgehead atoms. The van der Waals surface area contributed by atoms with Crippen LogP contribution in [0.4, 0.5) is 4.79 Å². The number of rotatable bonds is 3. The summed E-state index contributed by atoms with van der Waals surface area (Å²) in [5.74, 6) is 0. The van der Waals surface area contributed by atoms with Crippen molar-refractivity contribution in [2.45, 2.75) is 32.9 Å². The summed E-state index contributed by atoms with van der Waals surface area (Å²) in [6, 6.07) is 5.32. The molecule has 0 spiro atoms. The zero-order valence-corrected chi connectivity index (χ0v) is 11.6.